The molecule has 1 rings (SSSR count). The molecule has 0 radical (unpaired) electrons. The Labute approximate surface area is 110 Å². The Kier molecular flexibility index (Phi) is 4.34. The highest BCUT2D eigenvalue weighted by Gasteiger charge is 2.25. The Morgan fingerprint density at radius 1 is 1.44 bits per heavy atom. The van der Waals surface area contributed by atoms with Crippen molar-refractivity contribution in [3.63, 3.8) is 0 Å². The Morgan fingerprint density at radius 2 is 2.06 bits per heavy atom. The number of nitrogens with two attached hydrogens (primary N) is 1. The summed E-state index contributed by atoms with van der Waals surface area (Å²) in [5.41, 5.74) is 4.63. The number of benzene rings is 1. The summed E-state index contributed by atoms with van der Waals surface area (Å²) in [7, 11) is 0. The number of primary amides is 1. The van der Waals surface area contributed by atoms with Gasteiger partial charge in [0.2, 0.25) is 5.91 Å². The smallest absolute Gasteiger partial charge is 0.251 e. The van der Waals surface area contributed by atoms with E-state index in [2.05, 4.69) is 17.9 Å². The average Bonchev–Trinajstić information content (AvgIpc) is 2.29. The number of amides is 2. The van der Waals surface area contributed by atoms with Crippen LogP contribution in [-0.4, -0.2) is 18.4 Å². The summed E-state index contributed by atoms with van der Waals surface area (Å²) in [5, 5.41) is 2.57. The van der Waals surface area contributed by atoms with Crippen molar-refractivity contribution < 1.29 is 14.0 Å². The van der Waals surface area contributed by atoms with E-state index in [1.54, 1.807) is 13.8 Å². The maximum Gasteiger partial charge on any atom is 0.251 e. The summed E-state index contributed by atoms with van der Waals surface area (Å²) >= 11 is 3.89. The van der Waals surface area contributed by atoms with Crippen LogP contribution in [0.15, 0.2) is 23.1 Å². The number of hydrogen-bond donors (Lipinski definition) is 3. The average molecular weight is 270 g/mol. The Hall–Kier alpha value is -1.56. The molecule has 0 heterocycles. The van der Waals surface area contributed by atoms with Gasteiger partial charge in [0.05, 0.1) is 5.41 Å². The summed E-state index contributed by atoms with van der Waals surface area (Å²) in [6.07, 6.45) is 0. The molecule has 18 heavy (non-hydrogen) atoms. The highest BCUT2D eigenvalue weighted by atomic mass is 32.1. The number of hydrogen-bond acceptors (Lipinski definition) is 3. The van der Waals surface area contributed by atoms with Crippen molar-refractivity contribution in [3.8, 4) is 0 Å². The highest BCUT2D eigenvalue weighted by molar-refractivity contribution is 7.80. The van der Waals surface area contributed by atoms with Crippen LogP contribution in [0.2, 0.25) is 0 Å². The van der Waals surface area contributed by atoms with Crippen LogP contribution in [0.1, 0.15) is 24.2 Å². The second-order valence-corrected chi connectivity index (χ2v) is 5.08. The predicted octanol–water partition coefficient (Wildman–Crippen LogP) is 1.36. The summed E-state index contributed by atoms with van der Waals surface area (Å²) in [5.74, 6) is -1.40. The van der Waals surface area contributed by atoms with Gasteiger partial charge in [-0.3, -0.25) is 9.59 Å². The van der Waals surface area contributed by atoms with Crippen molar-refractivity contribution in [2.75, 3.05) is 6.54 Å². The van der Waals surface area contributed by atoms with E-state index in [0.29, 0.717) is 0 Å². The van der Waals surface area contributed by atoms with E-state index < -0.39 is 23.0 Å². The third kappa shape index (κ3) is 3.46. The minimum Gasteiger partial charge on any atom is -0.369 e. The van der Waals surface area contributed by atoms with Gasteiger partial charge in [-0.1, -0.05) is 0 Å². The first-order chi connectivity index (χ1) is 8.24. The predicted molar refractivity (Wildman–Crippen MR) is 69.0 cm³/mol. The van der Waals surface area contributed by atoms with Gasteiger partial charge in [-0.25, -0.2) is 4.39 Å². The Morgan fingerprint density at radius 3 is 2.56 bits per heavy atom. The van der Waals surface area contributed by atoms with Gasteiger partial charge in [0.25, 0.3) is 5.91 Å². The van der Waals surface area contributed by atoms with Crippen LogP contribution in [0.25, 0.3) is 0 Å². The zero-order valence-corrected chi connectivity index (χ0v) is 11.1. The van der Waals surface area contributed by atoms with E-state index in [-0.39, 0.29) is 17.0 Å². The molecule has 0 unspecified atom stereocenters. The molecule has 98 valence electrons. The van der Waals surface area contributed by atoms with Crippen molar-refractivity contribution in [3.05, 3.63) is 29.6 Å². The summed E-state index contributed by atoms with van der Waals surface area (Å²) < 4.78 is 13.0. The first-order valence-electron chi connectivity index (χ1n) is 5.30. The molecular weight excluding hydrogens is 255 g/mol. The van der Waals surface area contributed by atoms with Crippen LogP contribution in [0.5, 0.6) is 0 Å². The van der Waals surface area contributed by atoms with E-state index >= 15 is 0 Å². The Bertz CT molecular complexity index is 489. The maximum atomic E-state index is 13.0. The Balaban J connectivity index is 2.72. The molecule has 0 saturated heterocycles. The molecule has 0 atom stereocenters. The number of thiol groups is 1. The molecule has 0 bridgehead atoms. The summed E-state index contributed by atoms with van der Waals surface area (Å²) in [6.45, 7) is 3.37. The minimum atomic E-state index is -0.834. The van der Waals surface area contributed by atoms with E-state index in [0.717, 1.165) is 6.07 Å². The van der Waals surface area contributed by atoms with Crippen molar-refractivity contribution in [2.24, 2.45) is 11.1 Å². The largest absolute Gasteiger partial charge is 0.369 e. The van der Waals surface area contributed by atoms with Gasteiger partial charge in [-0.2, -0.15) is 0 Å². The number of carbonyl (C=O) groups excluding carboxylic acids is 2. The normalized spacial score (nSPS) is 11.1. The van der Waals surface area contributed by atoms with Crippen LogP contribution in [0.4, 0.5) is 4.39 Å². The molecule has 1 aromatic carbocycles. The van der Waals surface area contributed by atoms with Crippen LogP contribution < -0.4 is 11.1 Å². The first kappa shape index (κ1) is 14.5. The van der Waals surface area contributed by atoms with E-state index in [1.165, 1.54) is 12.1 Å². The van der Waals surface area contributed by atoms with Gasteiger partial charge in [0.15, 0.2) is 0 Å². The van der Waals surface area contributed by atoms with Gasteiger partial charge in [-0.05, 0) is 32.0 Å². The van der Waals surface area contributed by atoms with Crippen LogP contribution in [0, 0.1) is 11.2 Å². The fourth-order valence-corrected chi connectivity index (χ4v) is 1.36. The van der Waals surface area contributed by atoms with Crippen molar-refractivity contribution in [1.29, 1.82) is 0 Å². The second kappa shape index (κ2) is 5.39. The zero-order chi connectivity index (χ0) is 13.9. The molecule has 1 aromatic rings. The molecule has 0 aliphatic heterocycles. The molecule has 0 fully saturated rings. The van der Waals surface area contributed by atoms with Gasteiger partial charge in [0.1, 0.15) is 5.82 Å². The maximum absolute atomic E-state index is 13.0. The van der Waals surface area contributed by atoms with E-state index in [4.69, 9.17) is 5.73 Å². The number of carbonyl (C=O) groups is 2. The van der Waals surface area contributed by atoms with Crippen LogP contribution in [-0.2, 0) is 4.79 Å². The number of halogens is 1. The molecule has 2 amide bonds. The van der Waals surface area contributed by atoms with Gasteiger partial charge >= 0.3 is 0 Å². The molecule has 0 aromatic heterocycles. The number of rotatable bonds is 4. The zero-order valence-electron chi connectivity index (χ0n) is 10.2. The van der Waals surface area contributed by atoms with Crippen molar-refractivity contribution >= 4 is 24.4 Å². The lowest BCUT2D eigenvalue weighted by molar-refractivity contribution is -0.125. The fourth-order valence-electron chi connectivity index (χ4n) is 1.14. The molecule has 0 saturated carbocycles. The van der Waals surface area contributed by atoms with E-state index in [9.17, 15) is 14.0 Å². The quantitative estimate of drug-likeness (QED) is 0.723. The summed E-state index contributed by atoms with van der Waals surface area (Å²) in [6, 6.07) is 3.84. The molecule has 0 spiro atoms. The molecule has 3 N–H and O–H groups in total. The standard InChI is InChI=1S/C12H15FN2O2S/c1-12(2,11(14)17)6-15-10(16)7-3-4-8(13)9(18)5-7/h3-5,18H,6H2,1-2H3,(H2,14,17)(H,15,16). The monoisotopic (exact) mass is 270 g/mol. The highest BCUT2D eigenvalue weighted by Crippen LogP contribution is 2.15. The van der Waals surface area contributed by atoms with Crippen LogP contribution in [0.3, 0.4) is 0 Å². The molecule has 4 nitrogen and oxygen atoms in total. The molecular formula is C12H15FN2O2S. The lowest BCUT2D eigenvalue weighted by Gasteiger charge is -2.20. The third-order valence-electron chi connectivity index (χ3n) is 2.57. The van der Waals surface area contributed by atoms with Crippen molar-refractivity contribution in [2.45, 2.75) is 18.7 Å². The summed E-state index contributed by atoms with van der Waals surface area (Å²) in [4.78, 5) is 22.9. The van der Waals surface area contributed by atoms with Gasteiger partial charge in [-0.15, -0.1) is 12.6 Å². The fraction of sp³-hybridized carbons (Fsp3) is 0.333. The van der Waals surface area contributed by atoms with E-state index in [1.807, 2.05) is 0 Å². The molecule has 0 aliphatic carbocycles. The first-order valence-corrected chi connectivity index (χ1v) is 5.75. The minimum absolute atomic E-state index is 0.0943. The second-order valence-electron chi connectivity index (χ2n) is 4.60. The van der Waals surface area contributed by atoms with Crippen LogP contribution >= 0.6 is 12.6 Å². The number of nitrogens with one attached hydrogen (secondary N) is 1. The lowest BCUT2D eigenvalue weighted by atomic mass is 9.92. The topological polar surface area (TPSA) is 72.2 Å². The molecule has 6 heteroatoms. The third-order valence-corrected chi connectivity index (χ3v) is 2.91. The van der Waals surface area contributed by atoms with Gasteiger partial charge < -0.3 is 11.1 Å². The lowest BCUT2D eigenvalue weighted by Crippen LogP contribution is -2.42. The van der Waals surface area contributed by atoms with Gasteiger partial charge in [0, 0.05) is 17.0 Å². The van der Waals surface area contributed by atoms with Crippen molar-refractivity contribution in [1.82, 2.24) is 5.32 Å². The SMILES string of the molecule is CC(C)(CNC(=O)c1ccc(F)c(S)c1)C(N)=O. The molecule has 0 aliphatic rings.